The molecule has 0 saturated heterocycles. The van der Waals surface area contributed by atoms with Gasteiger partial charge in [0.2, 0.25) is 5.91 Å². The Balaban J connectivity index is 0.000000152. The molecular formula is C19H26N4O3. The molecule has 2 heterocycles. The lowest BCUT2D eigenvalue weighted by Crippen LogP contribution is -2.32. The molecule has 4 rings (SSSR count). The van der Waals surface area contributed by atoms with Gasteiger partial charge in [-0.2, -0.15) is 0 Å². The summed E-state index contributed by atoms with van der Waals surface area (Å²) >= 11 is 0. The van der Waals surface area contributed by atoms with Crippen molar-refractivity contribution in [2.45, 2.75) is 57.5 Å². The summed E-state index contributed by atoms with van der Waals surface area (Å²) in [7, 11) is 0. The summed E-state index contributed by atoms with van der Waals surface area (Å²) in [5, 5.41) is 12.6. The molecule has 7 heteroatoms. The molecule has 140 valence electrons. The Morgan fingerprint density at radius 3 is 2.62 bits per heavy atom. The monoisotopic (exact) mass is 358 g/mol. The fourth-order valence-corrected chi connectivity index (χ4v) is 3.40. The number of nitrogens with one attached hydrogen (secondary N) is 2. The van der Waals surface area contributed by atoms with Crippen molar-refractivity contribution < 1.29 is 14.7 Å². The van der Waals surface area contributed by atoms with E-state index < -0.39 is 5.97 Å². The van der Waals surface area contributed by atoms with Gasteiger partial charge < -0.3 is 21.1 Å². The molecule has 0 spiro atoms. The number of amides is 1. The zero-order chi connectivity index (χ0) is 18.5. The topological polar surface area (TPSA) is 121 Å². The molecule has 2 fully saturated rings. The van der Waals surface area contributed by atoms with E-state index in [2.05, 4.69) is 15.3 Å². The molecule has 0 unspecified atom stereocenters. The number of nitrogens with two attached hydrogens (primary N) is 1. The van der Waals surface area contributed by atoms with Crippen LogP contribution in [0, 0.1) is 5.92 Å². The second-order valence-electron chi connectivity index (χ2n) is 7.10. The van der Waals surface area contributed by atoms with Crippen LogP contribution in [0.5, 0.6) is 0 Å². The zero-order valence-electron chi connectivity index (χ0n) is 14.8. The number of rotatable bonds is 5. The molecule has 2 aromatic rings. The van der Waals surface area contributed by atoms with Crippen LogP contribution >= 0.6 is 0 Å². The number of hydrogen-bond acceptors (Lipinski definition) is 4. The largest absolute Gasteiger partial charge is 0.478 e. The molecule has 0 aliphatic heterocycles. The van der Waals surface area contributed by atoms with Crippen LogP contribution in [0.3, 0.4) is 0 Å². The molecule has 2 aliphatic carbocycles. The highest BCUT2D eigenvalue weighted by Crippen LogP contribution is 2.32. The lowest BCUT2D eigenvalue weighted by molar-refractivity contribution is -0.122. The van der Waals surface area contributed by atoms with Crippen molar-refractivity contribution in [3.05, 3.63) is 29.6 Å². The highest BCUT2D eigenvalue weighted by atomic mass is 16.4. The normalized spacial score (nSPS) is 17.0. The average molecular weight is 358 g/mol. The minimum atomic E-state index is -0.973. The lowest BCUT2D eigenvalue weighted by Gasteiger charge is -2.10. The molecule has 0 aromatic carbocycles. The summed E-state index contributed by atoms with van der Waals surface area (Å²) in [6, 6.07) is 2.24. The van der Waals surface area contributed by atoms with Crippen LogP contribution in [0.4, 0.5) is 0 Å². The number of aromatic amines is 1. The summed E-state index contributed by atoms with van der Waals surface area (Å²) < 4.78 is 0. The molecule has 2 saturated carbocycles. The van der Waals surface area contributed by atoms with Gasteiger partial charge in [0.25, 0.3) is 0 Å². The molecule has 0 atom stereocenters. The predicted octanol–water partition coefficient (Wildman–Crippen LogP) is 2.57. The maximum Gasteiger partial charge on any atom is 0.337 e. The van der Waals surface area contributed by atoms with E-state index in [1.807, 2.05) is 0 Å². The van der Waals surface area contributed by atoms with Crippen molar-refractivity contribution in [2.24, 2.45) is 11.7 Å². The highest BCUT2D eigenvalue weighted by molar-refractivity contribution is 6.03. The van der Waals surface area contributed by atoms with Gasteiger partial charge in [0.1, 0.15) is 5.65 Å². The zero-order valence-corrected chi connectivity index (χ0v) is 14.8. The summed E-state index contributed by atoms with van der Waals surface area (Å²) in [5.74, 6) is 0.0507. The third-order valence-corrected chi connectivity index (χ3v) is 5.00. The van der Waals surface area contributed by atoms with E-state index in [4.69, 9.17) is 10.8 Å². The van der Waals surface area contributed by atoms with Crippen molar-refractivity contribution in [3.8, 4) is 0 Å². The number of H-pyrrole nitrogens is 1. The van der Waals surface area contributed by atoms with E-state index in [9.17, 15) is 9.59 Å². The minimum Gasteiger partial charge on any atom is -0.478 e. The summed E-state index contributed by atoms with van der Waals surface area (Å²) in [6.07, 6.45) is 11.4. The van der Waals surface area contributed by atoms with E-state index in [0.29, 0.717) is 29.5 Å². The Kier molecular flexibility index (Phi) is 5.88. The van der Waals surface area contributed by atoms with Gasteiger partial charge in [-0.1, -0.05) is 12.8 Å². The Morgan fingerprint density at radius 1 is 1.27 bits per heavy atom. The van der Waals surface area contributed by atoms with Crippen molar-refractivity contribution in [2.75, 3.05) is 0 Å². The SMILES string of the molecule is NCc1ccnc2[nH]cc(C(=O)O)c12.O=C(CC1CC1)NC1CCCC1. The Hall–Kier alpha value is -2.41. The second kappa shape index (κ2) is 8.31. The van der Waals surface area contributed by atoms with Crippen molar-refractivity contribution in [1.82, 2.24) is 15.3 Å². The van der Waals surface area contributed by atoms with Crippen LogP contribution in [0.15, 0.2) is 18.5 Å². The average Bonchev–Trinajstić information content (AvgIpc) is 3.11. The number of carboxylic acid groups (broad SMARTS) is 1. The maximum atomic E-state index is 11.3. The quantitative estimate of drug-likeness (QED) is 0.654. The standard InChI is InChI=1S/C10H17NO.C9H9N3O2/c12-10(7-8-5-6-8)11-9-3-1-2-4-9;10-3-5-1-2-11-8-7(5)6(4-12-8)9(13)14/h8-9H,1-7H2,(H,11,12);1-2,4H,3,10H2,(H,11,12)(H,13,14). The third kappa shape index (κ3) is 4.60. The first-order chi connectivity index (χ1) is 12.6. The molecule has 2 aromatic heterocycles. The smallest absolute Gasteiger partial charge is 0.337 e. The molecule has 5 N–H and O–H groups in total. The second-order valence-corrected chi connectivity index (χ2v) is 7.10. The minimum absolute atomic E-state index is 0.216. The first-order valence-electron chi connectivity index (χ1n) is 9.26. The van der Waals surface area contributed by atoms with Crippen LogP contribution in [0.25, 0.3) is 11.0 Å². The van der Waals surface area contributed by atoms with Gasteiger partial charge in [-0.15, -0.1) is 0 Å². The lowest BCUT2D eigenvalue weighted by atomic mass is 10.1. The highest BCUT2D eigenvalue weighted by Gasteiger charge is 2.26. The molecular weight excluding hydrogens is 332 g/mol. The Labute approximate surface area is 152 Å². The number of aromatic carboxylic acids is 1. The molecule has 26 heavy (non-hydrogen) atoms. The first kappa shape index (κ1) is 18.4. The number of aromatic nitrogens is 2. The molecule has 1 amide bonds. The van der Waals surface area contributed by atoms with Crippen LogP contribution in [0.2, 0.25) is 0 Å². The molecule has 0 radical (unpaired) electrons. The first-order valence-corrected chi connectivity index (χ1v) is 9.26. The van der Waals surface area contributed by atoms with Gasteiger partial charge in [0.15, 0.2) is 0 Å². The van der Waals surface area contributed by atoms with Crippen molar-refractivity contribution in [3.63, 3.8) is 0 Å². The third-order valence-electron chi connectivity index (χ3n) is 5.00. The number of carboxylic acids is 1. The Bertz CT molecular complexity index is 776. The van der Waals surface area contributed by atoms with Crippen LogP contribution < -0.4 is 11.1 Å². The molecule has 0 bridgehead atoms. The van der Waals surface area contributed by atoms with Gasteiger partial charge in [0, 0.05) is 36.8 Å². The van der Waals surface area contributed by atoms with Crippen molar-refractivity contribution >= 4 is 22.9 Å². The number of nitrogens with zero attached hydrogens (tertiary/aromatic N) is 1. The van der Waals surface area contributed by atoms with Crippen LogP contribution in [0.1, 0.15) is 60.9 Å². The number of pyridine rings is 1. The van der Waals surface area contributed by atoms with E-state index in [0.717, 1.165) is 17.9 Å². The van der Waals surface area contributed by atoms with Crippen LogP contribution in [-0.4, -0.2) is 33.0 Å². The molecule has 2 aliphatic rings. The van der Waals surface area contributed by atoms with Gasteiger partial charge in [-0.05, 0) is 43.2 Å². The fourth-order valence-electron chi connectivity index (χ4n) is 3.40. The van der Waals surface area contributed by atoms with Gasteiger partial charge >= 0.3 is 5.97 Å². The van der Waals surface area contributed by atoms with E-state index in [-0.39, 0.29) is 5.56 Å². The number of fused-ring (bicyclic) bond motifs is 1. The summed E-state index contributed by atoms with van der Waals surface area (Å²) in [6.45, 7) is 0.303. The Morgan fingerprint density at radius 2 is 2.00 bits per heavy atom. The van der Waals surface area contributed by atoms with E-state index >= 15 is 0 Å². The van der Waals surface area contributed by atoms with E-state index in [1.165, 1.54) is 44.7 Å². The number of carbonyl (C=O) groups excluding carboxylic acids is 1. The van der Waals surface area contributed by atoms with Crippen molar-refractivity contribution in [1.29, 1.82) is 0 Å². The fraction of sp³-hybridized carbons (Fsp3) is 0.526. The summed E-state index contributed by atoms with van der Waals surface area (Å²) in [4.78, 5) is 29.0. The van der Waals surface area contributed by atoms with Gasteiger partial charge in [-0.3, -0.25) is 4.79 Å². The van der Waals surface area contributed by atoms with E-state index in [1.54, 1.807) is 12.3 Å². The molecule has 7 nitrogen and oxygen atoms in total. The van der Waals surface area contributed by atoms with Crippen LogP contribution in [-0.2, 0) is 11.3 Å². The predicted molar refractivity (Wildman–Crippen MR) is 98.7 cm³/mol. The van der Waals surface area contributed by atoms with Gasteiger partial charge in [-0.25, -0.2) is 9.78 Å². The summed E-state index contributed by atoms with van der Waals surface area (Å²) in [5.41, 5.74) is 7.07. The van der Waals surface area contributed by atoms with Gasteiger partial charge in [0.05, 0.1) is 5.56 Å². The number of carbonyl (C=O) groups is 2. The number of hydrogen-bond donors (Lipinski definition) is 4. The maximum absolute atomic E-state index is 11.3.